The summed E-state index contributed by atoms with van der Waals surface area (Å²) in [5.41, 5.74) is 4.01. The predicted molar refractivity (Wildman–Crippen MR) is 295 cm³/mol. The Hall–Kier alpha value is -6.49. The summed E-state index contributed by atoms with van der Waals surface area (Å²) < 4.78 is 53.9. The lowest BCUT2D eigenvalue weighted by Crippen LogP contribution is -2.70. The number of benzene rings is 4. The van der Waals surface area contributed by atoms with Crippen molar-refractivity contribution in [3.8, 4) is 23.0 Å². The van der Waals surface area contributed by atoms with E-state index in [4.69, 9.17) is 38.4 Å². The van der Waals surface area contributed by atoms with Crippen LogP contribution in [0.25, 0.3) is 0 Å². The second-order valence-electron chi connectivity index (χ2n) is 21.0. The van der Waals surface area contributed by atoms with E-state index in [2.05, 4.69) is 19.6 Å². The van der Waals surface area contributed by atoms with Gasteiger partial charge in [-0.1, -0.05) is 119 Å². The van der Waals surface area contributed by atoms with Crippen LogP contribution in [0.4, 0.5) is 14.9 Å². The smallest absolute Gasteiger partial charge is 0.410 e. The van der Waals surface area contributed by atoms with Gasteiger partial charge < -0.3 is 43.5 Å². The molecule has 0 radical (unpaired) electrons. The number of oxime groups is 1. The molecule has 4 aromatic carbocycles. The van der Waals surface area contributed by atoms with Crippen LogP contribution in [0.1, 0.15) is 144 Å². The van der Waals surface area contributed by atoms with Crippen molar-refractivity contribution >= 4 is 17.5 Å². The van der Waals surface area contributed by atoms with Crippen molar-refractivity contribution in [1.82, 2.24) is 4.90 Å². The lowest BCUT2D eigenvalue weighted by atomic mass is 9.55. The first kappa shape index (κ1) is 57.7. The second-order valence-corrected chi connectivity index (χ2v) is 21.0. The van der Waals surface area contributed by atoms with Gasteiger partial charge in [-0.05, 0) is 109 Å². The Morgan fingerprint density at radius 1 is 0.846 bits per heavy atom. The van der Waals surface area contributed by atoms with Crippen molar-refractivity contribution in [3.05, 3.63) is 147 Å². The molecule has 1 fully saturated rings. The minimum atomic E-state index is -1.59. The summed E-state index contributed by atoms with van der Waals surface area (Å²) >= 11 is 0. The van der Waals surface area contributed by atoms with E-state index in [0.717, 1.165) is 48.8 Å². The Balaban J connectivity index is 1.24. The van der Waals surface area contributed by atoms with Crippen LogP contribution < -0.4 is 18.9 Å². The maximum atomic E-state index is 15.3. The SMILES string of the molecule is C=CCOC12Oc3ccc(OCc4ccccc4F)cc3C3C(CCCCO)C(CCCCO)C=C(C(=NOCc4ccc([N+](=O)[O-])cc4)CC1N(Cc1ccc4c(c1)OCO4)C(=O)OCCCCCCCCCCCC)C32. The van der Waals surface area contributed by atoms with Gasteiger partial charge >= 0.3 is 6.09 Å². The summed E-state index contributed by atoms with van der Waals surface area (Å²) in [5, 5.41) is 36.7. The third-order valence-electron chi connectivity index (χ3n) is 15.7. The highest BCUT2D eigenvalue weighted by Gasteiger charge is 2.66. The number of nitro benzene ring substituents is 1. The number of aliphatic hydroxyl groups is 2. The number of rotatable bonds is 32. The van der Waals surface area contributed by atoms with Crippen LogP contribution in [0.3, 0.4) is 0 Å². The first-order valence-corrected chi connectivity index (χ1v) is 28.3. The molecule has 4 aliphatic rings. The molecule has 8 rings (SSSR count). The normalized spacial score (nSPS) is 21.2. The zero-order valence-electron chi connectivity index (χ0n) is 45.2. The van der Waals surface area contributed by atoms with Gasteiger partial charge in [0.1, 0.15) is 36.6 Å². The molecule has 2 N–H and O–H groups in total. The lowest BCUT2D eigenvalue weighted by Gasteiger charge is -2.59. The monoisotopic (exact) mass is 1080 g/mol. The highest BCUT2D eigenvalue weighted by Crippen LogP contribution is 2.62. The number of aliphatic hydroxyl groups excluding tert-OH is 2. The highest BCUT2D eigenvalue weighted by atomic mass is 19.1. The fourth-order valence-corrected chi connectivity index (χ4v) is 11.8. The first-order valence-electron chi connectivity index (χ1n) is 28.3. The van der Waals surface area contributed by atoms with Gasteiger partial charge in [-0.15, -0.1) is 6.58 Å². The Bertz CT molecular complexity index is 2660. The summed E-state index contributed by atoms with van der Waals surface area (Å²) in [4.78, 5) is 34.3. The molecular formula is C62H78FN3O12. The van der Waals surface area contributed by atoms with Crippen LogP contribution in [0, 0.1) is 33.7 Å². The molecule has 6 atom stereocenters. The molecule has 2 aliphatic heterocycles. The molecule has 420 valence electrons. The molecule has 0 aromatic heterocycles. The molecule has 2 heterocycles. The van der Waals surface area contributed by atoms with Gasteiger partial charge in [0.15, 0.2) is 11.5 Å². The third kappa shape index (κ3) is 14.4. The fraction of sp³-hybridized carbons (Fsp3) is 0.516. The number of nitro groups is 1. The molecule has 1 amide bonds. The van der Waals surface area contributed by atoms with Gasteiger partial charge in [0, 0.05) is 55.4 Å². The molecule has 16 heteroatoms. The van der Waals surface area contributed by atoms with Gasteiger partial charge in [0.05, 0.1) is 29.8 Å². The lowest BCUT2D eigenvalue weighted by molar-refractivity contribution is -0.384. The maximum Gasteiger partial charge on any atom is 0.410 e. The van der Waals surface area contributed by atoms with E-state index in [1.807, 2.05) is 36.4 Å². The highest BCUT2D eigenvalue weighted by molar-refractivity contribution is 6.03. The number of hydrogen-bond donors (Lipinski definition) is 2. The largest absolute Gasteiger partial charge is 0.489 e. The van der Waals surface area contributed by atoms with E-state index in [1.54, 1.807) is 41.3 Å². The Morgan fingerprint density at radius 2 is 1.55 bits per heavy atom. The molecule has 4 aromatic rings. The number of fused-ring (bicyclic) bond motifs is 3. The Kier molecular flexibility index (Phi) is 21.4. The maximum absolute atomic E-state index is 15.3. The van der Waals surface area contributed by atoms with Crippen molar-refractivity contribution in [1.29, 1.82) is 0 Å². The van der Waals surface area contributed by atoms with Crippen LogP contribution in [0.15, 0.2) is 114 Å². The summed E-state index contributed by atoms with van der Waals surface area (Å²) in [6.07, 6.45) is 18.8. The van der Waals surface area contributed by atoms with E-state index in [-0.39, 0.29) is 88.7 Å². The molecule has 15 nitrogen and oxygen atoms in total. The van der Waals surface area contributed by atoms with Crippen molar-refractivity contribution in [3.63, 3.8) is 0 Å². The first-order chi connectivity index (χ1) is 38.2. The van der Waals surface area contributed by atoms with Gasteiger partial charge in [0.2, 0.25) is 12.6 Å². The third-order valence-corrected chi connectivity index (χ3v) is 15.7. The van der Waals surface area contributed by atoms with Crippen molar-refractivity contribution in [2.24, 2.45) is 22.9 Å². The Morgan fingerprint density at radius 3 is 2.28 bits per heavy atom. The molecule has 0 spiro atoms. The minimum absolute atomic E-state index is 0.000787. The summed E-state index contributed by atoms with van der Waals surface area (Å²) in [5.74, 6) is -0.914. The van der Waals surface area contributed by atoms with Crippen molar-refractivity contribution in [2.45, 2.75) is 154 Å². The van der Waals surface area contributed by atoms with Gasteiger partial charge in [-0.25, -0.2) is 9.18 Å². The van der Waals surface area contributed by atoms with Gasteiger partial charge in [-0.3, -0.25) is 15.0 Å². The average molecular weight is 1080 g/mol. The Labute approximate surface area is 458 Å². The van der Waals surface area contributed by atoms with Gasteiger partial charge in [0.25, 0.3) is 5.69 Å². The number of hydrogen-bond acceptors (Lipinski definition) is 13. The second kappa shape index (κ2) is 28.9. The number of ether oxygens (including phenoxy) is 6. The van der Waals surface area contributed by atoms with Gasteiger partial charge in [-0.2, -0.15) is 0 Å². The van der Waals surface area contributed by atoms with E-state index in [0.29, 0.717) is 71.9 Å². The summed E-state index contributed by atoms with van der Waals surface area (Å²) in [6.45, 7) is 6.76. The van der Waals surface area contributed by atoms with E-state index in [9.17, 15) is 24.7 Å². The standard InChI is InChI=1S/C62H78FN3O12/c1-3-5-6-7-8-9-10-11-12-19-35-72-61(69)65(40-45-26-30-56-57(36-45)75-43-74-56)58-39-54(64-77-41-44-24-27-48(28-25-44)66(70)71)51-37-46(20-15-17-32-67)50(22-16-18-33-68)59-52-38-49(73-42-47-21-13-14-23-53(47)63)29-31-55(52)78-62(58,60(51)59)76-34-4-2/h4,13-14,21,23-31,36-38,46,50,58-60,67-68H,2-3,5-12,15-20,22,32-35,39-43H2,1H3. The van der Waals surface area contributed by atoms with E-state index in [1.165, 1.54) is 56.7 Å². The fourth-order valence-electron chi connectivity index (χ4n) is 11.8. The quantitative estimate of drug-likeness (QED) is 0.0205. The molecule has 6 unspecified atom stereocenters. The molecule has 1 saturated carbocycles. The van der Waals surface area contributed by atoms with Crippen LogP contribution in [-0.4, -0.2) is 76.9 Å². The topological polar surface area (TPSA) is 181 Å². The number of non-ortho nitro benzene ring substituents is 1. The number of nitrogens with zero attached hydrogens (tertiary/aromatic N) is 3. The molecule has 2 aliphatic carbocycles. The van der Waals surface area contributed by atoms with Crippen LogP contribution >= 0.6 is 0 Å². The zero-order valence-corrected chi connectivity index (χ0v) is 45.2. The molecular weight excluding hydrogens is 998 g/mol. The van der Waals surface area contributed by atoms with Crippen molar-refractivity contribution < 1.29 is 57.6 Å². The minimum Gasteiger partial charge on any atom is -0.489 e. The summed E-state index contributed by atoms with van der Waals surface area (Å²) in [6, 6.07) is 23.0. The average Bonchev–Trinajstić information content (AvgIpc) is 2.74. The molecule has 0 saturated heterocycles. The van der Waals surface area contributed by atoms with E-state index < -0.39 is 28.8 Å². The number of halogens is 1. The number of carbonyl (C=O) groups is 1. The summed E-state index contributed by atoms with van der Waals surface area (Å²) in [7, 11) is 0. The number of unbranched alkanes of at least 4 members (excludes halogenated alkanes) is 11. The molecule has 78 heavy (non-hydrogen) atoms. The number of allylic oxidation sites excluding steroid dienone is 1. The predicted octanol–water partition coefficient (Wildman–Crippen LogP) is 13.4. The number of amides is 1. The van der Waals surface area contributed by atoms with Crippen molar-refractivity contribution in [2.75, 3.05) is 33.2 Å². The number of carbonyl (C=O) groups excluding carboxylic acids is 1. The van der Waals surface area contributed by atoms with Crippen LogP contribution in [0.2, 0.25) is 0 Å². The van der Waals surface area contributed by atoms with Crippen LogP contribution in [0.5, 0.6) is 23.0 Å². The van der Waals surface area contributed by atoms with E-state index >= 15 is 4.79 Å². The van der Waals surface area contributed by atoms with Crippen LogP contribution in [-0.2, 0) is 34.1 Å². The molecule has 0 bridgehead atoms. The zero-order chi connectivity index (χ0) is 54.7.